The Bertz CT molecular complexity index is 794. The van der Waals surface area contributed by atoms with Crippen LogP contribution < -0.4 is 5.32 Å². The van der Waals surface area contributed by atoms with Crippen molar-refractivity contribution in [3.63, 3.8) is 0 Å². The molecule has 1 aromatic heterocycles. The predicted octanol–water partition coefficient (Wildman–Crippen LogP) is 1.88. The molecule has 0 fully saturated rings. The summed E-state index contributed by atoms with van der Waals surface area (Å²) in [5.74, 6) is -0.179. The summed E-state index contributed by atoms with van der Waals surface area (Å²) in [6.45, 7) is -0.173. The molecule has 2 aromatic carbocycles. The molecule has 0 saturated heterocycles. The van der Waals surface area contributed by atoms with Crippen molar-refractivity contribution in [2.24, 2.45) is 0 Å². The summed E-state index contributed by atoms with van der Waals surface area (Å²) in [5.41, 5.74) is 2.64. The first-order valence-electron chi connectivity index (χ1n) is 6.65. The van der Waals surface area contributed by atoms with Crippen LogP contribution in [0.1, 0.15) is 16.1 Å². The van der Waals surface area contributed by atoms with Gasteiger partial charge in [-0.2, -0.15) is 5.10 Å². The molecule has 0 radical (unpaired) electrons. The molecule has 5 heteroatoms. The summed E-state index contributed by atoms with van der Waals surface area (Å²) < 4.78 is 1.70. The maximum absolute atomic E-state index is 12.1. The fourth-order valence-electron chi connectivity index (χ4n) is 2.42. The number of carbonyl (C=O) groups is 1. The molecule has 0 spiro atoms. The van der Waals surface area contributed by atoms with Crippen molar-refractivity contribution in [1.29, 1.82) is 0 Å². The van der Waals surface area contributed by atoms with Gasteiger partial charge in [0.1, 0.15) is 0 Å². The summed E-state index contributed by atoms with van der Waals surface area (Å²) in [6.07, 6.45) is 0. The first-order valence-corrected chi connectivity index (χ1v) is 6.65. The monoisotopic (exact) mass is 281 g/mol. The lowest BCUT2D eigenvalue weighted by Crippen LogP contribution is -2.18. The molecule has 2 N–H and O–H groups in total. The Kier molecular flexibility index (Phi) is 3.41. The summed E-state index contributed by atoms with van der Waals surface area (Å²) in [7, 11) is 1.59. The minimum absolute atomic E-state index is 0.173. The van der Waals surface area contributed by atoms with Gasteiger partial charge in [0.05, 0.1) is 29.1 Å². The average molecular weight is 281 g/mol. The molecule has 21 heavy (non-hydrogen) atoms. The van der Waals surface area contributed by atoms with E-state index in [0.29, 0.717) is 16.8 Å². The van der Waals surface area contributed by atoms with Gasteiger partial charge in [0.2, 0.25) is 0 Å². The highest BCUT2D eigenvalue weighted by atomic mass is 16.3. The van der Waals surface area contributed by atoms with Crippen LogP contribution in [-0.4, -0.2) is 27.8 Å². The molecule has 1 heterocycles. The van der Waals surface area contributed by atoms with Crippen molar-refractivity contribution in [2.45, 2.75) is 6.61 Å². The Balaban J connectivity index is 2.36. The van der Waals surface area contributed by atoms with Crippen LogP contribution in [0.25, 0.3) is 16.6 Å². The van der Waals surface area contributed by atoms with E-state index in [2.05, 4.69) is 10.4 Å². The zero-order valence-electron chi connectivity index (χ0n) is 11.6. The lowest BCUT2D eigenvalue weighted by molar-refractivity contribution is 0.0964. The van der Waals surface area contributed by atoms with E-state index in [1.165, 1.54) is 0 Å². The molecule has 0 bridgehead atoms. The number of aliphatic hydroxyl groups is 1. The maximum Gasteiger partial charge on any atom is 0.253 e. The highest BCUT2D eigenvalue weighted by Crippen LogP contribution is 2.25. The van der Waals surface area contributed by atoms with Crippen LogP contribution in [0.4, 0.5) is 0 Å². The summed E-state index contributed by atoms with van der Waals surface area (Å²) in [5, 5.41) is 17.4. The number of para-hydroxylation sites is 2. The van der Waals surface area contributed by atoms with Crippen LogP contribution in [0.3, 0.4) is 0 Å². The van der Waals surface area contributed by atoms with Crippen molar-refractivity contribution in [1.82, 2.24) is 15.1 Å². The Hall–Kier alpha value is -2.66. The fraction of sp³-hybridized carbons (Fsp3) is 0.125. The molecule has 1 amide bonds. The van der Waals surface area contributed by atoms with Crippen LogP contribution in [0.2, 0.25) is 0 Å². The van der Waals surface area contributed by atoms with Gasteiger partial charge in [0.25, 0.3) is 5.91 Å². The van der Waals surface area contributed by atoms with E-state index in [-0.39, 0.29) is 12.5 Å². The van der Waals surface area contributed by atoms with E-state index >= 15 is 0 Å². The van der Waals surface area contributed by atoms with Crippen molar-refractivity contribution in [3.8, 4) is 5.69 Å². The molecule has 5 nitrogen and oxygen atoms in total. The van der Waals surface area contributed by atoms with Crippen LogP contribution >= 0.6 is 0 Å². The molecular formula is C16H15N3O2. The first kappa shape index (κ1) is 13.3. The topological polar surface area (TPSA) is 67.2 Å². The van der Waals surface area contributed by atoms with E-state index in [1.54, 1.807) is 23.9 Å². The number of carbonyl (C=O) groups excluding carboxylic acids is 1. The number of aliphatic hydroxyl groups excluding tert-OH is 1. The van der Waals surface area contributed by atoms with Gasteiger partial charge in [-0.3, -0.25) is 4.79 Å². The standard InChI is InChI=1S/C16H15N3O2/c1-17-16(21)13-9-5-8-12-14(10-20)18-19(15(12)13)11-6-3-2-4-7-11/h2-9,20H,10H2,1H3,(H,17,21). The number of hydrogen-bond acceptors (Lipinski definition) is 3. The second-order valence-corrected chi connectivity index (χ2v) is 4.63. The maximum atomic E-state index is 12.1. The highest BCUT2D eigenvalue weighted by molar-refractivity contribution is 6.06. The molecule has 0 aliphatic carbocycles. The number of rotatable bonds is 3. The molecule has 106 valence electrons. The number of nitrogens with one attached hydrogen (secondary N) is 1. The second kappa shape index (κ2) is 5.38. The molecule has 0 aliphatic heterocycles. The Morgan fingerprint density at radius 2 is 1.95 bits per heavy atom. The lowest BCUT2D eigenvalue weighted by atomic mass is 10.1. The molecule has 0 unspecified atom stereocenters. The molecule has 0 atom stereocenters. The number of fused-ring (bicyclic) bond motifs is 1. The molecule has 0 aliphatic rings. The third-order valence-corrected chi connectivity index (χ3v) is 3.40. The second-order valence-electron chi connectivity index (χ2n) is 4.63. The van der Waals surface area contributed by atoms with E-state index < -0.39 is 0 Å². The highest BCUT2D eigenvalue weighted by Gasteiger charge is 2.17. The fourth-order valence-corrected chi connectivity index (χ4v) is 2.42. The predicted molar refractivity (Wildman–Crippen MR) is 80.4 cm³/mol. The third kappa shape index (κ3) is 2.17. The summed E-state index contributed by atoms with van der Waals surface area (Å²) in [6, 6.07) is 15.0. The van der Waals surface area contributed by atoms with Gasteiger partial charge in [-0.15, -0.1) is 0 Å². The molecule has 0 saturated carbocycles. The first-order chi connectivity index (χ1) is 10.3. The van der Waals surface area contributed by atoms with Crippen molar-refractivity contribution in [3.05, 3.63) is 59.8 Å². The van der Waals surface area contributed by atoms with Gasteiger partial charge < -0.3 is 10.4 Å². The minimum Gasteiger partial charge on any atom is -0.390 e. The lowest BCUT2D eigenvalue weighted by Gasteiger charge is -2.07. The SMILES string of the molecule is CNC(=O)c1cccc2c(CO)nn(-c3ccccc3)c12. The van der Waals surface area contributed by atoms with Gasteiger partial charge in [-0.25, -0.2) is 4.68 Å². The Morgan fingerprint density at radius 1 is 1.19 bits per heavy atom. The van der Waals surface area contributed by atoms with Crippen LogP contribution in [0, 0.1) is 0 Å². The zero-order chi connectivity index (χ0) is 14.8. The summed E-state index contributed by atoms with van der Waals surface area (Å²) in [4.78, 5) is 12.1. The molecule has 3 aromatic rings. The van der Waals surface area contributed by atoms with E-state index in [0.717, 1.165) is 11.1 Å². The van der Waals surface area contributed by atoms with Gasteiger partial charge in [-0.05, 0) is 18.2 Å². The van der Waals surface area contributed by atoms with Gasteiger partial charge in [0, 0.05) is 12.4 Å². The number of nitrogens with zero attached hydrogens (tertiary/aromatic N) is 2. The quantitative estimate of drug-likeness (QED) is 0.770. The number of aromatic nitrogens is 2. The Morgan fingerprint density at radius 3 is 2.62 bits per heavy atom. The zero-order valence-corrected chi connectivity index (χ0v) is 11.6. The van der Waals surface area contributed by atoms with E-state index in [4.69, 9.17) is 0 Å². The average Bonchev–Trinajstić information content (AvgIpc) is 2.93. The Labute approximate surface area is 121 Å². The van der Waals surface area contributed by atoms with Gasteiger partial charge in [0.15, 0.2) is 0 Å². The van der Waals surface area contributed by atoms with Gasteiger partial charge >= 0.3 is 0 Å². The van der Waals surface area contributed by atoms with E-state index in [1.807, 2.05) is 36.4 Å². The van der Waals surface area contributed by atoms with E-state index in [9.17, 15) is 9.90 Å². The number of amides is 1. The van der Waals surface area contributed by atoms with Crippen molar-refractivity contribution < 1.29 is 9.90 Å². The number of benzene rings is 2. The normalized spacial score (nSPS) is 10.8. The molecular weight excluding hydrogens is 266 g/mol. The van der Waals surface area contributed by atoms with Crippen molar-refractivity contribution >= 4 is 16.8 Å². The van der Waals surface area contributed by atoms with Crippen LogP contribution in [0.15, 0.2) is 48.5 Å². The summed E-state index contributed by atoms with van der Waals surface area (Å²) >= 11 is 0. The largest absolute Gasteiger partial charge is 0.390 e. The minimum atomic E-state index is -0.179. The smallest absolute Gasteiger partial charge is 0.253 e. The number of hydrogen-bond donors (Lipinski definition) is 2. The van der Waals surface area contributed by atoms with Crippen molar-refractivity contribution in [2.75, 3.05) is 7.05 Å². The third-order valence-electron chi connectivity index (χ3n) is 3.40. The molecule has 3 rings (SSSR count). The van der Waals surface area contributed by atoms with Gasteiger partial charge in [-0.1, -0.05) is 30.3 Å². The van der Waals surface area contributed by atoms with Crippen LogP contribution in [-0.2, 0) is 6.61 Å². The van der Waals surface area contributed by atoms with Crippen LogP contribution in [0.5, 0.6) is 0 Å².